The molecule has 1 heterocycles. The van der Waals surface area contributed by atoms with E-state index in [4.69, 9.17) is 32.2 Å². The lowest BCUT2D eigenvalue weighted by Gasteiger charge is -2.11. The molecule has 0 fully saturated rings. The maximum atomic E-state index is 13.7. The molecule has 108 valence electrons. The zero-order valence-corrected chi connectivity index (χ0v) is 11.8. The molecule has 0 atom stereocenters. The van der Waals surface area contributed by atoms with Gasteiger partial charge in [-0.25, -0.2) is 4.39 Å². The minimum Gasteiger partial charge on any atom is -0.488 e. The minimum atomic E-state index is -0.495. The van der Waals surface area contributed by atoms with Crippen molar-refractivity contribution in [1.82, 2.24) is 0 Å². The third kappa shape index (κ3) is 2.75. The smallest absolute Gasteiger partial charge is 0.231 e. The number of rotatable bonds is 4. The van der Waals surface area contributed by atoms with Crippen molar-refractivity contribution in [3.05, 3.63) is 53.3 Å². The standard InChI is InChI=1S/C15H12FNO3S/c16-10-2-1-3-12(14(10)15(17)21)18-7-9-4-5-11-13(6-9)20-8-19-11/h1-6H,7-8H2,(H2,17,21). The van der Waals surface area contributed by atoms with Gasteiger partial charge in [0.2, 0.25) is 6.79 Å². The third-order valence-electron chi connectivity index (χ3n) is 3.05. The normalized spacial score (nSPS) is 12.2. The van der Waals surface area contributed by atoms with E-state index < -0.39 is 5.82 Å². The zero-order chi connectivity index (χ0) is 14.8. The Bertz CT molecular complexity index is 705. The zero-order valence-electron chi connectivity index (χ0n) is 11.0. The van der Waals surface area contributed by atoms with Gasteiger partial charge in [0.05, 0.1) is 5.56 Å². The number of nitrogens with two attached hydrogens (primary N) is 1. The van der Waals surface area contributed by atoms with Crippen LogP contribution in [0.15, 0.2) is 36.4 Å². The van der Waals surface area contributed by atoms with Crippen LogP contribution in [0.1, 0.15) is 11.1 Å². The van der Waals surface area contributed by atoms with Crippen molar-refractivity contribution >= 4 is 17.2 Å². The summed E-state index contributed by atoms with van der Waals surface area (Å²) in [5.74, 6) is 1.20. The summed E-state index contributed by atoms with van der Waals surface area (Å²) in [6.07, 6.45) is 0. The van der Waals surface area contributed by atoms with E-state index in [1.165, 1.54) is 6.07 Å². The molecule has 2 aromatic carbocycles. The second-order valence-corrected chi connectivity index (χ2v) is 4.89. The molecule has 2 N–H and O–H groups in total. The molecule has 3 rings (SSSR count). The Morgan fingerprint density at radius 2 is 2.05 bits per heavy atom. The predicted octanol–water partition coefficient (Wildman–Crippen LogP) is 2.77. The monoisotopic (exact) mass is 305 g/mol. The molecular formula is C15H12FNO3S. The molecule has 21 heavy (non-hydrogen) atoms. The van der Waals surface area contributed by atoms with Crippen LogP contribution in [0.3, 0.4) is 0 Å². The highest BCUT2D eigenvalue weighted by Gasteiger charge is 2.15. The van der Waals surface area contributed by atoms with E-state index in [9.17, 15) is 4.39 Å². The Hall–Kier alpha value is -2.34. The van der Waals surface area contributed by atoms with Gasteiger partial charge < -0.3 is 19.9 Å². The van der Waals surface area contributed by atoms with Gasteiger partial charge in [-0.3, -0.25) is 0 Å². The highest BCUT2D eigenvalue weighted by molar-refractivity contribution is 7.80. The second kappa shape index (κ2) is 5.57. The van der Waals surface area contributed by atoms with Gasteiger partial charge in [0.1, 0.15) is 23.2 Å². The molecule has 0 radical (unpaired) electrons. The fourth-order valence-corrected chi connectivity index (χ4v) is 2.25. The molecule has 6 heteroatoms. The van der Waals surface area contributed by atoms with Gasteiger partial charge in [-0.1, -0.05) is 24.4 Å². The number of benzene rings is 2. The van der Waals surface area contributed by atoms with Crippen LogP contribution in [-0.2, 0) is 6.61 Å². The largest absolute Gasteiger partial charge is 0.488 e. The third-order valence-corrected chi connectivity index (χ3v) is 3.26. The lowest BCUT2D eigenvalue weighted by Crippen LogP contribution is -2.14. The van der Waals surface area contributed by atoms with Crippen LogP contribution in [0, 0.1) is 5.82 Å². The van der Waals surface area contributed by atoms with Crippen LogP contribution < -0.4 is 19.9 Å². The second-order valence-electron chi connectivity index (χ2n) is 4.45. The number of fused-ring (bicyclic) bond motifs is 1. The predicted molar refractivity (Wildman–Crippen MR) is 79.2 cm³/mol. The van der Waals surface area contributed by atoms with E-state index in [2.05, 4.69) is 0 Å². The molecule has 0 aromatic heterocycles. The molecule has 0 saturated heterocycles. The molecule has 0 bridgehead atoms. The van der Waals surface area contributed by atoms with E-state index >= 15 is 0 Å². The average Bonchev–Trinajstić information content (AvgIpc) is 2.92. The molecular weight excluding hydrogens is 293 g/mol. The molecule has 0 aliphatic carbocycles. The summed E-state index contributed by atoms with van der Waals surface area (Å²) in [5.41, 5.74) is 6.52. The van der Waals surface area contributed by atoms with Crippen LogP contribution in [0.2, 0.25) is 0 Å². The van der Waals surface area contributed by atoms with Gasteiger partial charge >= 0.3 is 0 Å². The molecule has 0 saturated carbocycles. The van der Waals surface area contributed by atoms with Crippen molar-refractivity contribution in [2.75, 3.05) is 6.79 Å². The Balaban J connectivity index is 1.79. The average molecular weight is 305 g/mol. The summed E-state index contributed by atoms with van der Waals surface area (Å²) in [6.45, 7) is 0.463. The number of hydrogen-bond donors (Lipinski definition) is 1. The van der Waals surface area contributed by atoms with Crippen LogP contribution >= 0.6 is 12.2 Å². The Kier molecular flexibility index (Phi) is 3.62. The molecule has 0 unspecified atom stereocenters. The first kappa shape index (κ1) is 13.6. The highest BCUT2D eigenvalue weighted by Crippen LogP contribution is 2.33. The number of hydrogen-bond acceptors (Lipinski definition) is 4. The summed E-state index contributed by atoms with van der Waals surface area (Å²) in [5, 5.41) is 0. The number of halogens is 1. The Morgan fingerprint density at radius 1 is 1.24 bits per heavy atom. The van der Waals surface area contributed by atoms with Crippen LogP contribution in [0.4, 0.5) is 4.39 Å². The Morgan fingerprint density at radius 3 is 2.86 bits per heavy atom. The van der Waals surface area contributed by atoms with Gasteiger partial charge in [-0.2, -0.15) is 0 Å². The summed E-state index contributed by atoms with van der Waals surface area (Å²) >= 11 is 4.85. The summed E-state index contributed by atoms with van der Waals surface area (Å²) in [4.78, 5) is -0.0335. The van der Waals surface area contributed by atoms with Crippen LogP contribution in [-0.4, -0.2) is 11.8 Å². The summed E-state index contributed by atoms with van der Waals surface area (Å²) < 4.78 is 29.9. The van der Waals surface area contributed by atoms with Gasteiger partial charge in [0, 0.05) is 0 Å². The van der Waals surface area contributed by atoms with E-state index in [0.29, 0.717) is 17.2 Å². The van der Waals surface area contributed by atoms with Crippen molar-refractivity contribution in [2.24, 2.45) is 5.73 Å². The van der Waals surface area contributed by atoms with Crippen molar-refractivity contribution in [3.8, 4) is 17.2 Å². The summed E-state index contributed by atoms with van der Waals surface area (Å²) in [7, 11) is 0. The van der Waals surface area contributed by atoms with E-state index in [0.717, 1.165) is 5.56 Å². The van der Waals surface area contributed by atoms with Crippen LogP contribution in [0.25, 0.3) is 0 Å². The highest BCUT2D eigenvalue weighted by atomic mass is 32.1. The molecule has 0 spiro atoms. The molecule has 4 nitrogen and oxygen atoms in total. The van der Waals surface area contributed by atoms with Gasteiger partial charge in [-0.15, -0.1) is 0 Å². The quantitative estimate of drug-likeness (QED) is 0.880. The lowest BCUT2D eigenvalue weighted by molar-refractivity contribution is 0.174. The fraction of sp³-hybridized carbons (Fsp3) is 0.133. The van der Waals surface area contributed by atoms with E-state index in [-0.39, 0.29) is 24.0 Å². The maximum Gasteiger partial charge on any atom is 0.231 e. The first-order valence-electron chi connectivity index (χ1n) is 6.25. The van der Waals surface area contributed by atoms with E-state index in [1.807, 2.05) is 12.1 Å². The number of ether oxygens (including phenoxy) is 3. The maximum absolute atomic E-state index is 13.7. The van der Waals surface area contributed by atoms with Crippen molar-refractivity contribution in [3.63, 3.8) is 0 Å². The molecule has 1 aliphatic rings. The first-order valence-corrected chi connectivity index (χ1v) is 6.65. The van der Waals surface area contributed by atoms with Crippen molar-refractivity contribution in [2.45, 2.75) is 6.61 Å². The lowest BCUT2D eigenvalue weighted by atomic mass is 10.2. The SMILES string of the molecule is NC(=S)c1c(F)cccc1OCc1ccc2c(c1)OCO2. The van der Waals surface area contributed by atoms with E-state index in [1.54, 1.807) is 18.2 Å². The van der Waals surface area contributed by atoms with Gasteiger partial charge in [0.25, 0.3) is 0 Å². The van der Waals surface area contributed by atoms with Gasteiger partial charge in [0.15, 0.2) is 11.5 Å². The Labute approximate surface area is 126 Å². The molecule has 0 amide bonds. The number of thiocarbonyl (C=S) groups is 1. The first-order chi connectivity index (χ1) is 10.1. The molecule has 2 aromatic rings. The van der Waals surface area contributed by atoms with Gasteiger partial charge in [-0.05, 0) is 29.8 Å². The summed E-state index contributed by atoms with van der Waals surface area (Å²) in [6, 6.07) is 9.95. The minimum absolute atomic E-state index is 0.0335. The fourth-order valence-electron chi connectivity index (χ4n) is 2.06. The van der Waals surface area contributed by atoms with Crippen LogP contribution in [0.5, 0.6) is 17.2 Å². The molecule has 1 aliphatic heterocycles. The van der Waals surface area contributed by atoms with Crippen molar-refractivity contribution in [1.29, 1.82) is 0 Å². The topological polar surface area (TPSA) is 53.7 Å². The van der Waals surface area contributed by atoms with Crippen molar-refractivity contribution < 1.29 is 18.6 Å².